The topological polar surface area (TPSA) is 39.1 Å². The molecule has 16 heavy (non-hydrogen) atoms. The minimum absolute atomic E-state index is 0.389. The van der Waals surface area contributed by atoms with Crippen LogP contribution in [0.15, 0.2) is 12.4 Å². The fraction of sp³-hybridized carbons (Fsp3) is 0.750. The molecule has 0 aliphatic rings. The zero-order chi connectivity index (χ0) is 12.0. The van der Waals surface area contributed by atoms with Crippen molar-refractivity contribution in [3.05, 3.63) is 18.0 Å². The lowest BCUT2D eigenvalue weighted by Crippen LogP contribution is -2.31. The SMILES string of the molecule is CCC(NC(C)CCOC)c1cnn(C)c1. The molecule has 0 aliphatic heterocycles. The van der Waals surface area contributed by atoms with Gasteiger partial charge < -0.3 is 10.1 Å². The third kappa shape index (κ3) is 3.94. The number of nitrogens with one attached hydrogen (secondary N) is 1. The first-order valence-electron chi connectivity index (χ1n) is 5.90. The number of ether oxygens (including phenoxy) is 1. The second-order valence-corrected chi connectivity index (χ2v) is 4.26. The van der Waals surface area contributed by atoms with Gasteiger partial charge in [-0.1, -0.05) is 6.92 Å². The number of aryl methyl sites for hydroxylation is 1. The Bertz CT molecular complexity index is 298. The quantitative estimate of drug-likeness (QED) is 0.770. The van der Waals surface area contributed by atoms with Gasteiger partial charge in [0.05, 0.1) is 6.20 Å². The van der Waals surface area contributed by atoms with Crippen molar-refractivity contribution in [1.82, 2.24) is 15.1 Å². The Hall–Kier alpha value is -0.870. The highest BCUT2D eigenvalue weighted by Crippen LogP contribution is 2.16. The van der Waals surface area contributed by atoms with Gasteiger partial charge in [-0.3, -0.25) is 4.68 Å². The Kier molecular flexibility index (Phi) is 5.49. The van der Waals surface area contributed by atoms with E-state index in [0.717, 1.165) is 19.4 Å². The molecule has 4 heteroatoms. The monoisotopic (exact) mass is 225 g/mol. The Morgan fingerprint density at radius 3 is 2.81 bits per heavy atom. The van der Waals surface area contributed by atoms with Crippen molar-refractivity contribution in [1.29, 1.82) is 0 Å². The molecular formula is C12H23N3O. The molecule has 1 aromatic rings. The van der Waals surface area contributed by atoms with Crippen molar-refractivity contribution in [3.8, 4) is 0 Å². The van der Waals surface area contributed by atoms with Crippen LogP contribution < -0.4 is 5.32 Å². The summed E-state index contributed by atoms with van der Waals surface area (Å²) in [6.45, 7) is 5.18. The number of rotatable bonds is 7. The summed E-state index contributed by atoms with van der Waals surface area (Å²) in [5.74, 6) is 0. The summed E-state index contributed by atoms with van der Waals surface area (Å²) in [4.78, 5) is 0. The Morgan fingerprint density at radius 1 is 1.56 bits per heavy atom. The third-order valence-electron chi connectivity index (χ3n) is 2.78. The average molecular weight is 225 g/mol. The molecule has 92 valence electrons. The van der Waals surface area contributed by atoms with Crippen molar-refractivity contribution in [2.24, 2.45) is 7.05 Å². The first kappa shape index (κ1) is 13.2. The first-order chi connectivity index (χ1) is 7.67. The maximum absolute atomic E-state index is 5.08. The van der Waals surface area contributed by atoms with Gasteiger partial charge in [-0.05, 0) is 19.8 Å². The second-order valence-electron chi connectivity index (χ2n) is 4.26. The molecule has 1 aromatic heterocycles. The number of hydrogen-bond donors (Lipinski definition) is 1. The van der Waals surface area contributed by atoms with E-state index in [1.54, 1.807) is 7.11 Å². The molecule has 0 amide bonds. The molecule has 2 atom stereocenters. The van der Waals surface area contributed by atoms with Gasteiger partial charge in [-0.15, -0.1) is 0 Å². The third-order valence-corrected chi connectivity index (χ3v) is 2.78. The van der Waals surface area contributed by atoms with Gasteiger partial charge in [-0.25, -0.2) is 0 Å². The molecule has 0 spiro atoms. The van der Waals surface area contributed by atoms with E-state index in [-0.39, 0.29) is 0 Å². The van der Waals surface area contributed by atoms with Gasteiger partial charge >= 0.3 is 0 Å². The highest BCUT2D eigenvalue weighted by atomic mass is 16.5. The van der Waals surface area contributed by atoms with Crippen molar-refractivity contribution in [2.75, 3.05) is 13.7 Å². The van der Waals surface area contributed by atoms with Gasteiger partial charge in [0.1, 0.15) is 0 Å². The Morgan fingerprint density at radius 2 is 2.31 bits per heavy atom. The van der Waals surface area contributed by atoms with E-state index in [0.29, 0.717) is 12.1 Å². The summed E-state index contributed by atoms with van der Waals surface area (Å²) < 4.78 is 6.93. The molecule has 0 saturated heterocycles. The van der Waals surface area contributed by atoms with Gasteiger partial charge in [0.15, 0.2) is 0 Å². The zero-order valence-electron chi connectivity index (χ0n) is 10.7. The van der Waals surface area contributed by atoms with E-state index in [1.807, 2.05) is 17.9 Å². The van der Waals surface area contributed by atoms with Crippen molar-refractivity contribution >= 4 is 0 Å². The molecule has 2 unspecified atom stereocenters. The molecular weight excluding hydrogens is 202 g/mol. The smallest absolute Gasteiger partial charge is 0.0537 e. The molecule has 0 fully saturated rings. The van der Waals surface area contributed by atoms with Crippen LogP contribution in [-0.4, -0.2) is 29.5 Å². The van der Waals surface area contributed by atoms with E-state index in [4.69, 9.17) is 4.74 Å². The standard InChI is InChI=1S/C12H23N3O/c1-5-12(11-8-13-15(3)9-11)14-10(2)6-7-16-4/h8-10,12,14H,5-7H2,1-4H3. The lowest BCUT2D eigenvalue weighted by Gasteiger charge is -2.21. The normalized spacial score (nSPS) is 15.0. The van der Waals surface area contributed by atoms with Crippen LogP contribution in [0.2, 0.25) is 0 Å². The fourth-order valence-corrected chi connectivity index (χ4v) is 1.79. The Labute approximate surface area is 98.0 Å². The Balaban J connectivity index is 2.48. The number of hydrogen-bond acceptors (Lipinski definition) is 3. The van der Waals surface area contributed by atoms with Gasteiger partial charge in [0.2, 0.25) is 0 Å². The largest absolute Gasteiger partial charge is 0.385 e. The summed E-state index contributed by atoms with van der Waals surface area (Å²) in [6.07, 6.45) is 6.12. The molecule has 0 aromatic carbocycles. The van der Waals surface area contributed by atoms with Crippen molar-refractivity contribution in [3.63, 3.8) is 0 Å². The number of nitrogens with zero attached hydrogens (tertiary/aromatic N) is 2. The average Bonchev–Trinajstić information content (AvgIpc) is 2.69. The first-order valence-corrected chi connectivity index (χ1v) is 5.90. The molecule has 0 aliphatic carbocycles. The summed E-state index contributed by atoms with van der Waals surface area (Å²) in [5, 5.41) is 7.80. The minimum Gasteiger partial charge on any atom is -0.385 e. The predicted octanol–water partition coefficient (Wildman–Crippen LogP) is 1.89. The van der Waals surface area contributed by atoms with E-state index < -0.39 is 0 Å². The molecule has 0 radical (unpaired) electrons. The highest BCUT2D eigenvalue weighted by Gasteiger charge is 2.13. The summed E-state index contributed by atoms with van der Waals surface area (Å²) in [5.41, 5.74) is 1.26. The van der Waals surface area contributed by atoms with E-state index in [1.165, 1.54) is 5.56 Å². The van der Waals surface area contributed by atoms with Crippen LogP contribution in [0.25, 0.3) is 0 Å². The van der Waals surface area contributed by atoms with E-state index in [2.05, 4.69) is 30.5 Å². The lowest BCUT2D eigenvalue weighted by molar-refractivity contribution is 0.182. The van der Waals surface area contributed by atoms with Crippen molar-refractivity contribution in [2.45, 2.75) is 38.8 Å². The van der Waals surface area contributed by atoms with Crippen LogP contribution in [0.4, 0.5) is 0 Å². The van der Waals surface area contributed by atoms with Gasteiger partial charge in [0.25, 0.3) is 0 Å². The van der Waals surface area contributed by atoms with E-state index in [9.17, 15) is 0 Å². The summed E-state index contributed by atoms with van der Waals surface area (Å²) in [6, 6.07) is 0.852. The predicted molar refractivity (Wildman–Crippen MR) is 65.3 cm³/mol. The lowest BCUT2D eigenvalue weighted by atomic mass is 10.1. The van der Waals surface area contributed by atoms with Crippen LogP contribution in [0.3, 0.4) is 0 Å². The second kappa shape index (κ2) is 6.66. The van der Waals surface area contributed by atoms with Gasteiger partial charge in [0, 0.05) is 44.6 Å². The van der Waals surface area contributed by atoms with Crippen LogP contribution >= 0.6 is 0 Å². The van der Waals surface area contributed by atoms with Crippen molar-refractivity contribution < 1.29 is 4.74 Å². The molecule has 4 nitrogen and oxygen atoms in total. The van der Waals surface area contributed by atoms with Crippen LogP contribution in [0.5, 0.6) is 0 Å². The number of methoxy groups -OCH3 is 1. The molecule has 1 rings (SSSR count). The fourth-order valence-electron chi connectivity index (χ4n) is 1.79. The van der Waals surface area contributed by atoms with Crippen LogP contribution in [-0.2, 0) is 11.8 Å². The maximum atomic E-state index is 5.08. The van der Waals surface area contributed by atoms with E-state index >= 15 is 0 Å². The van der Waals surface area contributed by atoms with Gasteiger partial charge in [-0.2, -0.15) is 5.10 Å². The molecule has 0 bridgehead atoms. The summed E-state index contributed by atoms with van der Waals surface area (Å²) in [7, 11) is 3.69. The molecule has 1 heterocycles. The zero-order valence-corrected chi connectivity index (χ0v) is 10.7. The molecule has 0 saturated carbocycles. The minimum atomic E-state index is 0.389. The number of aromatic nitrogens is 2. The molecule has 1 N–H and O–H groups in total. The maximum Gasteiger partial charge on any atom is 0.0537 e. The highest BCUT2D eigenvalue weighted by molar-refractivity contribution is 5.10. The summed E-state index contributed by atoms with van der Waals surface area (Å²) >= 11 is 0. The van der Waals surface area contributed by atoms with Crippen LogP contribution in [0, 0.1) is 0 Å². The van der Waals surface area contributed by atoms with Crippen LogP contribution in [0.1, 0.15) is 38.3 Å².